The minimum absolute atomic E-state index is 0.0925. The van der Waals surface area contributed by atoms with Crippen LogP contribution in [0.3, 0.4) is 0 Å². The molecule has 4 nitrogen and oxygen atoms in total. The normalized spacial score (nSPS) is 22.7. The molecule has 0 aliphatic carbocycles. The molecule has 1 saturated heterocycles. The molecule has 1 aliphatic rings. The van der Waals surface area contributed by atoms with Crippen molar-refractivity contribution in [2.75, 3.05) is 19.6 Å². The SMILES string of the molecule is CCCCCCN(CCCC)C(=O)[C@H]1NCCC1O. The number of rotatable bonds is 9. The zero-order chi connectivity index (χ0) is 14.1. The van der Waals surface area contributed by atoms with Crippen LogP contribution in [0.1, 0.15) is 58.8 Å². The fourth-order valence-corrected chi connectivity index (χ4v) is 2.55. The number of nitrogens with one attached hydrogen (secondary N) is 1. The topological polar surface area (TPSA) is 52.6 Å². The summed E-state index contributed by atoms with van der Waals surface area (Å²) in [5, 5.41) is 13.0. The van der Waals surface area contributed by atoms with Crippen LogP contribution >= 0.6 is 0 Å². The number of hydrogen-bond acceptors (Lipinski definition) is 3. The van der Waals surface area contributed by atoms with Crippen LogP contribution < -0.4 is 5.32 Å². The Morgan fingerprint density at radius 1 is 1.16 bits per heavy atom. The Morgan fingerprint density at radius 3 is 2.42 bits per heavy atom. The minimum Gasteiger partial charge on any atom is -0.391 e. The van der Waals surface area contributed by atoms with E-state index in [-0.39, 0.29) is 11.9 Å². The fourth-order valence-electron chi connectivity index (χ4n) is 2.55. The first-order valence-corrected chi connectivity index (χ1v) is 7.91. The highest BCUT2D eigenvalue weighted by Crippen LogP contribution is 2.12. The molecular weight excluding hydrogens is 240 g/mol. The molecule has 19 heavy (non-hydrogen) atoms. The standard InChI is InChI=1S/C15H30N2O2/c1-3-5-7-8-12-17(11-6-4-2)15(19)14-13(18)9-10-16-14/h13-14,16,18H,3-12H2,1-2H3/t13?,14-/m0/s1. The van der Waals surface area contributed by atoms with Crippen LogP contribution in [0.15, 0.2) is 0 Å². The van der Waals surface area contributed by atoms with Crippen LogP contribution in [0, 0.1) is 0 Å². The maximum absolute atomic E-state index is 12.4. The van der Waals surface area contributed by atoms with E-state index in [0.717, 1.165) is 38.9 Å². The third-order valence-electron chi connectivity index (χ3n) is 3.83. The molecule has 0 bridgehead atoms. The Bertz CT molecular complexity index is 259. The minimum atomic E-state index is -0.507. The lowest BCUT2D eigenvalue weighted by molar-refractivity contribution is -0.135. The summed E-state index contributed by atoms with van der Waals surface area (Å²) in [4.78, 5) is 14.4. The zero-order valence-electron chi connectivity index (χ0n) is 12.5. The number of aliphatic hydroxyl groups excluding tert-OH is 1. The Kier molecular flexibility index (Phi) is 8.07. The van der Waals surface area contributed by atoms with E-state index >= 15 is 0 Å². The van der Waals surface area contributed by atoms with E-state index in [0.29, 0.717) is 6.42 Å². The van der Waals surface area contributed by atoms with Gasteiger partial charge in [-0.15, -0.1) is 0 Å². The average molecular weight is 270 g/mol. The van der Waals surface area contributed by atoms with Crippen molar-refractivity contribution in [3.8, 4) is 0 Å². The van der Waals surface area contributed by atoms with Gasteiger partial charge in [-0.2, -0.15) is 0 Å². The monoisotopic (exact) mass is 270 g/mol. The van der Waals surface area contributed by atoms with Crippen molar-refractivity contribution in [1.29, 1.82) is 0 Å². The number of unbranched alkanes of at least 4 members (excludes halogenated alkanes) is 4. The summed E-state index contributed by atoms with van der Waals surface area (Å²) in [6.45, 7) is 6.74. The first-order chi connectivity index (χ1) is 9.20. The van der Waals surface area contributed by atoms with Crippen molar-refractivity contribution in [3.05, 3.63) is 0 Å². The summed E-state index contributed by atoms with van der Waals surface area (Å²) in [7, 11) is 0. The number of carbonyl (C=O) groups is 1. The van der Waals surface area contributed by atoms with Gasteiger partial charge >= 0.3 is 0 Å². The van der Waals surface area contributed by atoms with E-state index in [9.17, 15) is 9.90 Å². The van der Waals surface area contributed by atoms with Gasteiger partial charge in [-0.25, -0.2) is 0 Å². The zero-order valence-corrected chi connectivity index (χ0v) is 12.5. The van der Waals surface area contributed by atoms with Crippen molar-refractivity contribution in [2.45, 2.75) is 70.9 Å². The molecule has 1 unspecified atom stereocenters. The number of nitrogens with zero attached hydrogens (tertiary/aromatic N) is 1. The lowest BCUT2D eigenvalue weighted by Crippen LogP contribution is -2.48. The summed E-state index contributed by atoms with van der Waals surface area (Å²) in [5.41, 5.74) is 0. The van der Waals surface area contributed by atoms with E-state index in [1.807, 2.05) is 4.90 Å². The van der Waals surface area contributed by atoms with E-state index < -0.39 is 6.10 Å². The quantitative estimate of drug-likeness (QED) is 0.629. The summed E-state index contributed by atoms with van der Waals surface area (Å²) < 4.78 is 0. The Balaban J connectivity index is 2.44. The van der Waals surface area contributed by atoms with Crippen LogP contribution in [0.25, 0.3) is 0 Å². The van der Waals surface area contributed by atoms with Gasteiger partial charge in [0.05, 0.1) is 6.10 Å². The Hall–Kier alpha value is -0.610. The summed E-state index contributed by atoms with van der Waals surface area (Å²) >= 11 is 0. The third-order valence-corrected chi connectivity index (χ3v) is 3.83. The Morgan fingerprint density at radius 2 is 1.84 bits per heavy atom. The van der Waals surface area contributed by atoms with Gasteiger partial charge in [0.1, 0.15) is 6.04 Å². The van der Waals surface area contributed by atoms with Gasteiger partial charge in [0, 0.05) is 13.1 Å². The van der Waals surface area contributed by atoms with Gasteiger partial charge in [0.15, 0.2) is 0 Å². The van der Waals surface area contributed by atoms with Gasteiger partial charge in [0.25, 0.3) is 0 Å². The molecule has 1 heterocycles. The van der Waals surface area contributed by atoms with E-state index in [4.69, 9.17) is 0 Å². The number of carbonyl (C=O) groups excluding carboxylic acids is 1. The van der Waals surface area contributed by atoms with Crippen molar-refractivity contribution in [3.63, 3.8) is 0 Å². The fraction of sp³-hybridized carbons (Fsp3) is 0.933. The number of amides is 1. The molecule has 0 aromatic rings. The lowest BCUT2D eigenvalue weighted by Gasteiger charge is -2.27. The van der Waals surface area contributed by atoms with Crippen LogP contribution in [0.2, 0.25) is 0 Å². The number of hydrogen-bond donors (Lipinski definition) is 2. The summed E-state index contributed by atoms with van der Waals surface area (Å²) in [6, 6.07) is -0.372. The van der Waals surface area contributed by atoms with Crippen molar-refractivity contribution in [2.24, 2.45) is 0 Å². The second kappa shape index (κ2) is 9.32. The molecule has 1 aliphatic heterocycles. The van der Waals surface area contributed by atoms with E-state index in [2.05, 4.69) is 19.2 Å². The molecule has 0 aromatic heterocycles. The van der Waals surface area contributed by atoms with Gasteiger partial charge in [-0.1, -0.05) is 39.5 Å². The number of aliphatic hydroxyl groups is 1. The predicted molar refractivity (Wildman–Crippen MR) is 78.0 cm³/mol. The lowest BCUT2D eigenvalue weighted by atomic mass is 10.1. The van der Waals surface area contributed by atoms with Gasteiger partial charge in [0.2, 0.25) is 5.91 Å². The second-order valence-corrected chi connectivity index (χ2v) is 5.53. The highest BCUT2D eigenvalue weighted by atomic mass is 16.3. The highest BCUT2D eigenvalue weighted by molar-refractivity contribution is 5.83. The molecule has 112 valence electrons. The van der Waals surface area contributed by atoms with E-state index in [1.54, 1.807) is 0 Å². The maximum atomic E-state index is 12.4. The van der Waals surface area contributed by atoms with Crippen LogP contribution in [-0.2, 0) is 4.79 Å². The molecular formula is C15H30N2O2. The van der Waals surface area contributed by atoms with Crippen molar-refractivity contribution < 1.29 is 9.90 Å². The predicted octanol–water partition coefficient (Wildman–Crippen LogP) is 1.92. The molecule has 2 N–H and O–H groups in total. The molecule has 0 aromatic carbocycles. The maximum Gasteiger partial charge on any atom is 0.242 e. The summed E-state index contributed by atoms with van der Waals surface area (Å²) in [6.07, 6.45) is 7.04. The van der Waals surface area contributed by atoms with Crippen LogP contribution in [-0.4, -0.2) is 47.7 Å². The van der Waals surface area contributed by atoms with Gasteiger partial charge in [-0.05, 0) is 25.8 Å². The molecule has 0 radical (unpaired) electrons. The first kappa shape index (κ1) is 16.4. The van der Waals surface area contributed by atoms with Crippen molar-refractivity contribution >= 4 is 5.91 Å². The van der Waals surface area contributed by atoms with Gasteiger partial charge in [-0.3, -0.25) is 4.79 Å². The van der Waals surface area contributed by atoms with E-state index in [1.165, 1.54) is 19.3 Å². The largest absolute Gasteiger partial charge is 0.391 e. The third kappa shape index (κ3) is 5.49. The molecule has 1 amide bonds. The molecule has 0 saturated carbocycles. The van der Waals surface area contributed by atoms with Crippen molar-refractivity contribution in [1.82, 2.24) is 10.2 Å². The van der Waals surface area contributed by atoms with Gasteiger partial charge < -0.3 is 15.3 Å². The molecule has 2 atom stereocenters. The molecule has 1 fully saturated rings. The smallest absolute Gasteiger partial charge is 0.242 e. The second-order valence-electron chi connectivity index (χ2n) is 5.53. The summed E-state index contributed by atoms with van der Waals surface area (Å²) in [5.74, 6) is 0.0925. The Labute approximate surface area is 117 Å². The first-order valence-electron chi connectivity index (χ1n) is 7.91. The average Bonchev–Trinajstić information content (AvgIpc) is 2.83. The molecule has 0 spiro atoms. The van der Waals surface area contributed by atoms with Crippen LogP contribution in [0.4, 0.5) is 0 Å². The molecule has 4 heteroatoms. The highest BCUT2D eigenvalue weighted by Gasteiger charge is 2.33. The van der Waals surface area contributed by atoms with Crippen LogP contribution in [0.5, 0.6) is 0 Å². The molecule has 1 rings (SSSR count).